The molecule has 0 saturated carbocycles. The van der Waals surface area contributed by atoms with Gasteiger partial charge in [-0.3, -0.25) is 14.9 Å². The van der Waals surface area contributed by atoms with E-state index in [4.69, 9.17) is 39.5 Å². The summed E-state index contributed by atoms with van der Waals surface area (Å²) >= 11 is 17.7. The van der Waals surface area contributed by atoms with Gasteiger partial charge in [-0.15, -0.1) is 0 Å². The summed E-state index contributed by atoms with van der Waals surface area (Å²) in [6, 6.07) is 6.17. The van der Waals surface area contributed by atoms with Crippen molar-refractivity contribution in [3.63, 3.8) is 0 Å². The van der Waals surface area contributed by atoms with Crippen LogP contribution in [-0.2, 0) is 9.53 Å². The largest absolute Gasteiger partial charge is 0.477 e. The molecule has 142 valence electrons. The molecule has 0 aromatic heterocycles. The van der Waals surface area contributed by atoms with Gasteiger partial charge in [-0.25, -0.2) is 4.79 Å². The lowest BCUT2D eigenvalue weighted by Gasteiger charge is -2.11. The molecule has 2 aromatic carbocycles. The third-order valence-electron chi connectivity index (χ3n) is 3.21. The van der Waals surface area contributed by atoms with Crippen LogP contribution in [0.3, 0.4) is 0 Å². The number of hydrogen-bond donors (Lipinski definition) is 1. The monoisotopic (exact) mass is 432 g/mol. The number of rotatable bonds is 6. The first-order valence-electron chi connectivity index (χ1n) is 7.17. The number of anilines is 1. The highest BCUT2D eigenvalue weighted by atomic mass is 35.5. The first-order valence-corrected chi connectivity index (χ1v) is 8.30. The molecule has 1 amide bonds. The molecule has 0 heterocycles. The van der Waals surface area contributed by atoms with Gasteiger partial charge in [0.1, 0.15) is 0 Å². The highest BCUT2D eigenvalue weighted by molar-refractivity contribution is 6.42. The van der Waals surface area contributed by atoms with E-state index in [0.29, 0.717) is 0 Å². The van der Waals surface area contributed by atoms with Crippen molar-refractivity contribution in [2.45, 2.75) is 0 Å². The van der Waals surface area contributed by atoms with E-state index < -0.39 is 29.1 Å². The van der Waals surface area contributed by atoms with E-state index in [-0.39, 0.29) is 32.1 Å². The van der Waals surface area contributed by atoms with E-state index in [2.05, 4.69) is 10.1 Å². The number of nitro benzene ring substituents is 1. The molecular weight excluding hydrogens is 423 g/mol. The third kappa shape index (κ3) is 5.22. The fraction of sp³-hybridized carbons (Fsp3) is 0.125. The summed E-state index contributed by atoms with van der Waals surface area (Å²) in [5, 5.41) is 14.0. The Morgan fingerprint density at radius 1 is 1.15 bits per heavy atom. The standard InChI is InChI=1S/C16H11Cl3N2O6/c1-26-16(23)8-2-3-12(21(24)25)13(4-8)27-7-14(22)20-15-10(18)5-9(17)6-11(15)19/h2-6H,7H2,1H3,(H,20,22). The van der Waals surface area contributed by atoms with Crippen LogP contribution < -0.4 is 10.1 Å². The molecule has 0 unspecified atom stereocenters. The minimum absolute atomic E-state index is 0.0299. The van der Waals surface area contributed by atoms with E-state index in [1.165, 1.54) is 18.2 Å². The van der Waals surface area contributed by atoms with Crippen LogP contribution in [0.15, 0.2) is 30.3 Å². The second-order valence-electron chi connectivity index (χ2n) is 5.01. The predicted molar refractivity (Wildman–Crippen MR) is 100 cm³/mol. The number of amides is 1. The quantitative estimate of drug-likeness (QED) is 0.412. The normalized spacial score (nSPS) is 10.2. The second-order valence-corrected chi connectivity index (χ2v) is 6.26. The van der Waals surface area contributed by atoms with Gasteiger partial charge in [0.25, 0.3) is 5.91 Å². The van der Waals surface area contributed by atoms with E-state index in [0.717, 1.165) is 19.2 Å². The summed E-state index contributed by atoms with van der Waals surface area (Å²) in [5.74, 6) is -1.66. The van der Waals surface area contributed by atoms with Gasteiger partial charge in [-0.2, -0.15) is 0 Å². The molecule has 0 fully saturated rings. The Labute approximate surface area is 168 Å². The highest BCUT2D eigenvalue weighted by Crippen LogP contribution is 2.34. The maximum absolute atomic E-state index is 12.1. The fourth-order valence-corrected chi connectivity index (χ4v) is 2.92. The molecular formula is C16H11Cl3N2O6. The SMILES string of the molecule is COC(=O)c1ccc([N+](=O)[O-])c(OCC(=O)Nc2c(Cl)cc(Cl)cc2Cl)c1. The lowest BCUT2D eigenvalue weighted by Crippen LogP contribution is -2.21. The summed E-state index contributed by atoms with van der Waals surface area (Å²) < 4.78 is 9.75. The lowest BCUT2D eigenvalue weighted by molar-refractivity contribution is -0.385. The second kappa shape index (κ2) is 8.90. The number of methoxy groups -OCH3 is 1. The Balaban J connectivity index is 2.17. The van der Waals surface area contributed by atoms with Crippen LogP contribution in [0.4, 0.5) is 11.4 Å². The third-order valence-corrected chi connectivity index (χ3v) is 4.02. The van der Waals surface area contributed by atoms with Crippen LogP contribution in [-0.4, -0.2) is 30.5 Å². The molecule has 0 saturated heterocycles. The van der Waals surface area contributed by atoms with Crippen molar-refractivity contribution in [3.05, 3.63) is 61.1 Å². The van der Waals surface area contributed by atoms with Gasteiger partial charge in [0.05, 0.1) is 33.3 Å². The van der Waals surface area contributed by atoms with Gasteiger partial charge >= 0.3 is 11.7 Å². The van der Waals surface area contributed by atoms with Crippen molar-refractivity contribution in [1.82, 2.24) is 0 Å². The number of carbonyl (C=O) groups excluding carboxylic acids is 2. The molecule has 2 aromatic rings. The lowest BCUT2D eigenvalue weighted by atomic mass is 10.2. The van der Waals surface area contributed by atoms with Crippen LogP contribution in [0.2, 0.25) is 15.1 Å². The van der Waals surface area contributed by atoms with Crippen molar-refractivity contribution in [2.75, 3.05) is 19.0 Å². The predicted octanol–water partition coefficient (Wildman–Crippen LogP) is 4.36. The van der Waals surface area contributed by atoms with Crippen LogP contribution in [0.25, 0.3) is 0 Å². The van der Waals surface area contributed by atoms with Gasteiger partial charge in [0.2, 0.25) is 0 Å². The number of hydrogen-bond acceptors (Lipinski definition) is 6. The fourth-order valence-electron chi connectivity index (χ4n) is 2.01. The smallest absolute Gasteiger partial charge is 0.337 e. The molecule has 27 heavy (non-hydrogen) atoms. The van der Waals surface area contributed by atoms with E-state index in [9.17, 15) is 19.7 Å². The number of benzene rings is 2. The number of nitrogens with one attached hydrogen (secondary N) is 1. The zero-order chi connectivity index (χ0) is 20.1. The minimum Gasteiger partial charge on any atom is -0.477 e. The Kier molecular flexibility index (Phi) is 6.84. The number of ether oxygens (including phenoxy) is 2. The molecule has 0 aliphatic rings. The zero-order valence-electron chi connectivity index (χ0n) is 13.6. The molecule has 0 aliphatic carbocycles. The summed E-state index contributed by atoms with van der Waals surface area (Å²) in [7, 11) is 1.16. The van der Waals surface area contributed by atoms with E-state index >= 15 is 0 Å². The van der Waals surface area contributed by atoms with E-state index in [1.54, 1.807) is 0 Å². The van der Waals surface area contributed by atoms with Crippen LogP contribution >= 0.6 is 34.8 Å². The Morgan fingerprint density at radius 2 is 1.78 bits per heavy atom. The topological polar surface area (TPSA) is 108 Å². The van der Waals surface area contributed by atoms with Gasteiger partial charge < -0.3 is 14.8 Å². The van der Waals surface area contributed by atoms with Gasteiger partial charge in [-0.05, 0) is 18.2 Å². The summed E-state index contributed by atoms with van der Waals surface area (Å²) in [5.41, 5.74) is -0.269. The minimum atomic E-state index is -0.709. The Hall–Kier alpha value is -2.55. The summed E-state index contributed by atoms with van der Waals surface area (Å²) in [4.78, 5) is 34.0. The van der Waals surface area contributed by atoms with Crippen molar-refractivity contribution in [3.8, 4) is 5.75 Å². The zero-order valence-corrected chi connectivity index (χ0v) is 15.9. The summed E-state index contributed by atoms with van der Waals surface area (Å²) in [6.45, 7) is -0.596. The highest BCUT2D eigenvalue weighted by Gasteiger charge is 2.20. The molecule has 2 rings (SSSR count). The molecule has 0 atom stereocenters. The van der Waals surface area contributed by atoms with Crippen molar-refractivity contribution in [2.24, 2.45) is 0 Å². The molecule has 0 spiro atoms. The Morgan fingerprint density at radius 3 is 2.33 bits per heavy atom. The van der Waals surface area contributed by atoms with Crippen molar-refractivity contribution < 1.29 is 24.0 Å². The summed E-state index contributed by atoms with van der Waals surface area (Å²) in [6.07, 6.45) is 0. The Bertz CT molecular complexity index is 896. The molecule has 0 radical (unpaired) electrons. The number of esters is 1. The van der Waals surface area contributed by atoms with Crippen LogP contribution in [0, 0.1) is 10.1 Å². The van der Waals surface area contributed by atoms with Crippen molar-refractivity contribution in [1.29, 1.82) is 0 Å². The van der Waals surface area contributed by atoms with Crippen LogP contribution in [0.5, 0.6) is 5.75 Å². The number of carbonyl (C=O) groups is 2. The molecule has 0 aliphatic heterocycles. The van der Waals surface area contributed by atoms with Gasteiger partial charge in [-0.1, -0.05) is 34.8 Å². The maximum Gasteiger partial charge on any atom is 0.337 e. The van der Waals surface area contributed by atoms with E-state index in [1.807, 2.05) is 0 Å². The van der Waals surface area contributed by atoms with Crippen molar-refractivity contribution >= 4 is 58.1 Å². The molecule has 0 bridgehead atoms. The number of nitrogens with zero attached hydrogens (tertiary/aromatic N) is 1. The average Bonchev–Trinajstić information content (AvgIpc) is 2.61. The maximum atomic E-state index is 12.1. The molecule has 11 heteroatoms. The molecule has 1 N–H and O–H groups in total. The van der Waals surface area contributed by atoms with Crippen LogP contribution in [0.1, 0.15) is 10.4 Å². The average molecular weight is 434 g/mol. The van der Waals surface area contributed by atoms with Gasteiger partial charge in [0.15, 0.2) is 12.4 Å². The van der Waals surface area contributed by atoms with Gasteiger partial charge in [0, 0.05) is 17.2 Å². The first-order chi connectivity index (χ1) is 12.7. The number of halogens is 3. The first kappa shape index (κ1) is 20.8. The number of nitro groups is 1. The molecule has 8 nitrogen and oxygen atoms in total.